The zero-order chi connectivity index (χ0) is 24.5. The molecule has 2 N–H and O–H groups in total. The molecule has 174 valence electrons. The van der Waals surface area contributed by atoms with Gasteiger partial charge in [0.15, 0.2) is 16.5 Å². The van der Waals surface area contributed by atoms with E-state index in [2.05, 4.69) is 22.5 Å². The lowest BCUT2D eigenvalue weighted by Gasteiger charge is -2.08. The van der Waals surface area contributed by atoms with Crippen LogP contribution in [0.2, 0.25) is 0 Å². The van der Waals surface area contributed by atoms with Gasteiger partial charge in [-0.25, -0.2) is 4.98 Å². The molecule has 2 heterocycles. The van der Waals surface area contributed by atoms with Gasteiger partial charge in [-0.1, -0.05) is 29.8 Å². The molecule has 0 spiro atoms. The third-order valence-corrected chi connectivity index (χ3v) is 6.00. The summed E-state index contributed by atoms with van der Waals surface area (Å²) in [7, 11) is 0. The van der Waals surface area contributed by atoms with E-state index in [1.165, 1.54) is 11.1 Å². The van der Waals surface area contributed by atoms with Gasteiger partial charge in [-0.3, -0.25) is 10.1 Å². The number of carbonyl (C=O) groups excluding carboxylic acids is 1. The van der Waals surface area contributed by atoms with Crippen molar-refractivity contribution in [3.63, 3.8) is 0 Å². The second kappa shape index (κ2) is 9.19. The summed E-state index contributed by atoms with van der Waals surface area (Å²) in [5.74, 6) is 0.919. The largest absolute Gasteiger partial charge is 0.451 e. The van der Waals surface area contributed by atoms with Crippen LogP contribution < -0.4 is 10.6 Å². The summed E-state index contributed by atoms with van der Waals surface area (Å²) in [5.41, 5.74) is 7.38. The Morgan fingerprint density at radius 2 is 1.60 bits per heavy atom. The van der Waals surface area contributed by atoms with Crippen LogP contribution >= 0.6 is 12.2 Å². The van der Waals surface area contributed by atoms with E-state index < -0.39 is 5.91 Å². The lowest BCUT2D eigenvalue weighted by Crippen LogP contribution is -2.33. The van der Waals surface area contributed by atoms with E-state index in [9.17, 15) is 4.79 Å². The highest BCUT2D eigenvalue weighted by atomic mass is 32.1. The molecule has 0 aliphatic rings. The van der Waals surface area contributed by atoms with Crippen molar-refractivity contribution in [2.45, 2.75) is 20.8 Å². The van der Waals surface area contributed by atoms with Gasteiger partial charge in [0.2, 0.25) is 5.89 Å². The van der Waals surface area contributed by atoms with Crippen LogP contribution in [0.4, 0.5) is 5.69 Å². The van der Waals surface area contributed by atoms with Crippen molar-refractivity contribution >= 4 is 40.0 Å². The Hall–Kier alpha value is -4.23. The van der Waals surface area contributed by atoms with Gasteiger partial charge in [0.1, 0.15) is 11.3 Å². The number of thiocarbonyl (C=S) groups is 1. The van der Waals surface area contributed by atoms with Crippen LogP contribution in [0.25, 0.3) is 33.9 Å². The molecule has 0 aliphatic carbocycles. The van der Waals surface area contributed by atoms with Gasteiger partial charge in [-0.05, 0) is 92.6 Å². The number of benzene rings is 3. The molecule has 0 unspecified atom stereocenters. The smallest absolute Gasteiger partial charge is 0.293 e. The Morgan fingerprint density at radius 1 is 0.829 bits per heavy atom. The van der Waals surface area contributed by atoms with Crippen LogP contribution in [0.15, 0.2) is 81.6 Å². The predicted molar refractivity (Wildman–Crippen MR) is 141 cm³/mol. The van der Waals surface area contributed by atoms with E-state index in [-0.39, 0.29) is 10.9 Å². The van der Waals surface area contributed by atoms with Crippen LogP contribution in [0.5, 0.6) is 0 Å². The number of carbonyl (C=O) groups is 1. The van der Waals surface area contributed by atoms with Crippen LogP contribution in [0, 0.1) is 20.8 Å². The van der Waals surface area contributed by atoms with Crippen LogP contribution in [0.3, 0.4) is 0 Å². The SMILES string of the molecule is Cc1ccc(-c2nc3cc(NC(=S)NC(=O)c4ccc(-c5ccc(C)c(C)c5)o4)ccc3o2)cc1. The molecular formula is C28H23N3O3S. The van der Waals surface area contributed by atoms with Crippen LogP contribution in [-0.2, 0) is 0 Å². The Morgan fingerprint density at radius 3 is 2.37 bits per heavy atom. The molecule has 0 aliphatic heterocycles. The number of rotatable bonds is 4. The Balaban J connectivity index is 1.26. The molecule has 0 fully saturated rings. The number of hydrogen-bond donors (Lipinski definition) is 2. The summed E-state index contributed by atoms with van der Waals surface area (Å²) < 4.78 is 11.6. The molecule has 0 saturated heterocycles. The summed E-state index contributed by atoms with van der Waals surface area (Å²) in [6.45, 7) is 6.13. The predicted octanol–water partition coefficient (Wildman–Crippen LogP) is 6.81. The van der Waals surface area contributed by atoms with E-state index in [1.807, 2.05) is 74.5 Å². The molecule has 5 aromatic rings. The maximum Gasteiger partial charge on any atom is 0.293 e. The summed E-state index contributed by atoms with van der Waals surface area (Å²) in [6.07, 6.45) is 0. The summed E-state index contributed by atoms with van der Waals surface area (Å²) in [5, 5.41) is 5.83. The molecule has 7 heteroatoms. The van der Waals surface area contributed by atoms with Crippen molar-refractivity contribution in [2.24, 2.45) is 0 Å². The third-order valence-electron chi connectivity index (χ3n) is 5.79. The van der Waals surface area contributed by atoms with Gasteiger partial charge < -0.3 is 14.2 Å². The van der Waals surface area contributed by atoms with Crippen molar-refractivity contribution in [3.8, 4) is 22.8 Å². The molecule has 6 nitrogen and oxygen atoms in total. The fourth-order valence-electron chi connectivity index (χ4n) is 3.66. The van der Waals surface area contributed by atoms with Gasteiger partial charge in [-0.15, -0.1) is 0 Å². The minimum absolute atomic E-state index is 0.153. The molecular weight excluding hydrogens is 458 g/mol. The first-order chi connectivity index (χ1) is 16.9. The molecule has 0 saturated carbocycles. The van der Waals surface area contributed by atoms with Crippen molar-refractivity contribution < 1.29 is 13.6 Å². The first kappa shape index (κ1) is 22.6. The molecule has 35 heavy (non-hydrogen) atoms. The molecule has 0 radical (unpaired) electrons. The Kier molecular flexibility index (Phi) is 5.93. The summed E-state index contributed by atoms with van der Waals surface area (Å²) in [6, 6.07) is 22.9. The summed E-state index contributed by atoms with van der Waals surface area (Å²) >= 11 is 5.33. The molecule has 5 rings (SSSR count). The van der Waals surface area contributed by atoms with Crippen molar-refractivity contribution in [2.75, 3.05) is 5.32 Å². The van der Waals surface area contributed by atoms with Gasteiger partial charge in [-0.2, -0.15) is 0 Å². The second-order valence-corrected chi connectivity index (χ2v) is 8.85. The third kappa shape index (κ3) is 4.85. The number of anilines is 1. The van der Waals surface area contributed by atoms with Gasteiger partial charge in [0.25, 0.3) is 5.91 Å². The summed E-state index contributed by atoms with van der Waals surface area (Å²) in [4.78, 5) is 17.2. The highest BCUT2D eigenvalue weighted by Crippen LogP contribution is 2.27. The molecule has 2 aromatic heterocycles. The zero-order valence-electron chi connectivity index (χ0n) is 19.5. The quantitative estimate of drug-likeness (QED) is 0.275. The number of nitrogens with one attached hydrogen (secondary N) is 2. The van der Waals surface area contributed by atoms with E-state index in [1.54, 1.807) is 12.1 Å². The molecule has 3 aromatic carbocycles. The first-order valence-electron chi connectivity index (χ1n) is 11.1. The zero-order valence-corrected chi connectivity index (χ0v) is 20.3. The van der Waals surface area contributed by atoms with E-state index in [4.69, 9.17) is 21.1 Å². The van der Waals surface area contributed by atoms with Crippen molar-refractivity contribution in [3.05, 3.63) is 95.2 Å². The minimum atomic E-state index is -0.429. The maximum absolute atomic E-state index is 12.6. The van der Waals surface area contributed by atoms with Crippen LogP contribution in [0.1, 0.15) is 27.2 Å². The van der Waals surface area contributed by atoms with E-state index >= 15 is 0 Å². The Labute approximate surface area is 208 Å². The number of fused-ring (bicyclic) bond motifs is 1. The topological polar surface area (TPSA) is 80.3 Å². The standard InChI is InChI=1S/C28H23N3O3S/c1-16-4-7-19(8-5-16)27-30-22-15-21(10-11-24(22)34-27)29-28(35)31-26(32)25-13-12-23(33-25)20-9-6-17(2)18(3)14-20/h4-15H,1-3H3,(H2,29,31,32,35). The Bertz CT molecular complexity index is 1560. The number of hydrogen-bond acceptors (Lipinski definition) is 5. The number of furan rings is 1. The normalized spacial score (nSPS) is 10.9. The fourth-order valence-corrected chi connectivity index (χ4v) is 3.87. The van der Waals surface area contributed by atoms with E-state index in [0.29, 0.717) is 28.4 Å². The molecule has 1 amide bonds. The van der Waals surface area contributed by atoms with Crippen LogP contribution in [-0.4, -0.2) is 16.0 Å². The lowest BCUT2D eigenvalue weighted by atomic mass is 10.1. The maximum atomic E-state index is 12.6. The second-order valence-electron chi connectivity index (χ2n) is 8.44. The highest BCUT2D eigenvalue weighted by molar-refractivity contribution is 7.80. The monoisotopic (exact) mass is 481 g/mol. The molecule has 0 atom stereocenters. The number of amides is 1. The minimum Gasteiger partial charge on any atom is -0.451 e. The number of oxazole rings is 1. The van der Waals surface area contributed by atoms with Crippen molar-refractivity contribution in [1.29, 1.82) is 0 Å². The van der Waals surface area contributed by atoms with E-state index in [0.717, 1.165) is 16.7 Å². The highest BCUT2D eigenvalue weighted by Gasteiger charge is 2.15. The van der Waals surface area contributed by atoms with Gasteiger partial charge in [0.05, 0.1) is 0 Å². The number of nitrogens with zero attached hydrogens (tertiary/aromatic N) is 1. The van der Waals surface area contributed by atoms with Crippen molar-refractivity contribution in [1.82, 2.24) is 10.3 Å². The lowest BCUT2D eigenvalue weighted by molar-refractivity contribution is 0.0951. The first-order valence-corrected chi connectivity index (χ1v) is 11.5. The number of aryl methyl sites for hydroxylation is 3. The average molecular weight is 482 g/mol. The van der Waals surface area contributed by atoms with Gasteiger partial charge >= 0.3 is 0 Å². The number of aromatic nitrogens is 1. The fraction of sp³-hybridized carbons (Fsp3) is 0.107. The molecule has 0 bridgehead atoms. The average Bonchev–Trinajstić information content (AvgIpc) is 3.49. The van der Waals surface area contributed by atoms with Gasteiger partial charge in [0, 0.05) is 16.8 Å².